The third-order valence-corrected chi connectivity index (χ3v) is 5.30. The van der Waals surface area contributed by atoms with E-state index in [9.17, 15) is 0 Å². The number of hydrogen-bond donors (Lipinski definition) is 1. The van der Waals surface area contributed by atoms with Crippen molar-refractivity contribution in [1.82, 2.24) is 5.32 Å². The minimum Gasteiger partial charge on any atom is -0.371 e. The van der Waals surface area contributed by atoms with Crippen LogP contribution in [0.5, 0.6) is 0 Å². The zero-order chi connectivity index (χ0) is 15.3. The van der Waals surface area contributed by atoms with Crippen LogP contribution < -0.4 is 10.2 Å². The Kier molecular flexibility index (Phi) is 5.95. The lowest BCUT2D eigenvalue weighted by Gasteiger charge is -2.28. The molecule has 1 aliphatic rings. The molecule has 1 aliphatic heterocycles. The van der Waals surface area contributed by atoms with Gasteiger partial charge in [-0.15, -0.1) is 0 Å². The second-order valence-electron chi connectivity index (χ2n) is 6.33. The zero-order valence-electron chi connectivity index (χ0n) is 13.7. The van der Waals surface area contributed by atoms with Gasteiger partial charge >= 0.3 is 0 Å². The Morgan fingerprint density at radius 3 is 2.62 bits per heavy atom. The molecule has 0 amide bonds. The van der Waals surface area contributed by atoms with Gasteiger partial charge in [-0.05, 0) is 55.3 Å². The van der Waals surface area contributed by atoms with Crippen LogP contribution in [0.2, 0.25) is 5.02 Å². The maximum Gasteiger partial charge on any atom is 0.0426 e. The Morgan fingerprint density at radius 1 is 1.24 bits per heavy atom. The van der Waals surface area contributed by atoms with E-state index in [4.69, 9.17) is 11.6 Å². The Labute approximate surface area is 134 Å². The molecule has 0 bridgehead atoms. The van der Waals surface area contributed by atoms with Crippen LogP contribution in [0.15, 0.2) is 18.2 Å². The van der Waals surface area contributed by atoms with Crippen LogP contribution in [-0.4, -0.2) is 19.6 Å². The molecule has 2 rings (SSSR count). The summed E-state index contributed by atoms with van der Waals surface area (Å²) in [5.41, 5.74) is 3.20. The van der Waals surface area contributed by atoms with Crippen molar-refractivity contribution in [2.75, 3.05) is 24.5 Å². The fourth-order valence-electron chi connectivity index (χ4n) is 3.35. The lowest BCUT2D eigenvalue weighted by molar-refractivity contribution is 0.301. The van der Waals surface area contributed by atoms with E-state index in [1.807, 2.05) is 6.07 Å². The van der Waals surface area contributed by atoms with Gasteiger partial charge in [0.05, 0.1) is 0 Å². The van der Waals surface area contributed by atoms with Gasteiger partial charge in [0.15, 0.2) is 0 Å². The number of nitrogens with one attached hydrogen (secondary N) is 1. The molecule has 1 N–H and O–H groups in total. The predicted molar refractivity (Wildman–Crippen MR) is 93.3 cm³/mol. The van der Waals surface area contributed by atoms with Crippen LogP contribution in [0.1, 0.15) is 52.0 Å². The van der Waals surface area contributed by atoms with Gasteiger partial charge in [0.2, 0.25) is 0 Å². The van der Waals surface area contributed by atoms with E-state index in [1.54, 1.807) is 0 Å². The molecule has 21 heavy (non-hydrogen) atoms. The fraction of sp³-hybridized carbons (Fsp3) is 0.667. The molecule has 0 radical (unpaired) electrons. The van der Waals surface area contributed by atoms with E-state index in [1.165, 1.54) is 43.5 Å². The monoisotopic (exact) mass is 308 g/mol. The summed E-state index contributed by atoms with van der Waals surface area (Å²) in [7, 11) is 0. The maximum absolute atomic E-state index is 6.25. The Hall–Kier alpha value is -0.730. The van der Waals surface area contributed by atoms with Gasteiger partial charge in [-0.3, -0.25) is 0 Å². The van der Waals surface area contributed by atoms with Crippen LogP contribution in [0, 0.1) is 5.41 Å². The smallest absolute Gasteiger partial charge is 0.0426 e. The first-order chi connectivity index (χ1) is 10.1. The molecule has 1 fully saturated rings. The third-order valence-electron chi connectivity index (χ3n) is 5.07. The first kappa shape index (κ1) is 16.6. The average Bonchev–Trinajstić information content (AvgIpc) is 2.94. The quantitative estimate of drug-likeness (QED) is 0.724. The van der Waals surface area contributed by atoms with Crippen molar-refractivity contribution in [2.24, 2.45) is 5.41 Å². The number of anilines is 1. The van der Waals surface area contributed by atoms with Crippen molar-refractivity contribution >= 4 is 17.3 Å². The van der Waals surface area contributed by atoms with Gasteiger partial charge in [-0.2, -0.15) is 0 Å². The highest BCUT2D eigenvalue weighted by atomic mass is 35.5. The molecule has 0 spiro atoms. The van der Waals surface area contributed by atoms with E-state index >= 15 is 0 Å². The van der Waals surface area contributed by atoms with Crippen molar-refractivity contribution in [2.45, 2.75) is 53.0 Å². The summed E-state index contributed by atoms with van der Waals surface area (Å²) in [6, 6.07) is 6.33. The van der Waals surface area contributed by atoms with Crippen LogP contribution in [0.4, 0.5) is 5.69 Å². The second kappa shape index (κ2) is 7.51. The third kappa shape index (κ3) is 3.92. The Balaban J connectivity index is 2.16. The minimum atomic E-state index is 0.496. The number of halogens is 1. The van der Waals surface area contributed by atoms with E-state index in [2.05, 4.69) is 43.1 Å². The SMILES string of the molecule is CCCNCc1ccc(Cl)cc1N1CCC(CC)(CC)C1. The predicted octanol–water partition coefficient (Wildman–Crippen LogP) is 4.86. The summed E-state index contributed by atoms with van der Waals surface area (Å²) in [4.78, 5) is 2.54. The molecule has 0 atom stereocenters. The summed E-state index contributed by atoms with van der Waals surface area (Å²) in [5, 5.41) is 4.36. The Morgan fingerprint density at radius 2 is 2.00 bits per heavy atom. The zero-order valence-corrected chi connectivity index (χ0v) is 14.5. The molecule has 1 heterocycles. The molecular weight excluding hydrogens is 280 g/mol. The number of nitrogens with zero attached hydrogens (tertiary/aromatic N) is 1. The molecule has 118 valence electrons. The van der Waals surface area contributed by atoms with Crippen molar-refractivity contribution in [1.29, 1.82) is 0 Å². The lowest BCUT2D eigenvalue weighted by atomic mass is 9.82. The van der Waals surface area contributed by atoms with Crippen molar-refractivity contribution in [3.8, 4) is 0 Å². The van der Waals surface area contributed by atoms with Crippen LogP contribution in [0.3, 0.4) is 0 Å². The van der Waals surface area contributed by atoms with Gasteiger partial charge in [-0.25, -0.2) is 0 Å². The molecule has 2 nitrogen and oxygen atoms in total. The molecule has 1 aromatic rings. The van der Waals surface area contributed by atoms with Crippen molar-refractivity contribution in [3.63, 3.8) is 0 Å². The molecule has 1 saturated heterocycles. The van der Waals surface area contributed by atoms with Gasteiger partial charge < -0.3 is 10.2 Å². The lowest BCUT2D eigenvalue weighted by Crippen LogP contribution is -2.27. The van der Waals surface area contributed by atoms with E-state index in [0.717, 1.165) is 24.7 Å². The van der Waals surface area contributed by atoms with Crippen molar-refractivity contribution in [3.05, 3.63) is 28.8 Å². The van der Waals surface area contributed by atoms with E-state index < -0.39 is 0 Å². The normalized spacial score (nSPS) is 17.4. The fourth-order valence-corrected chi connectivity index (χ4v) is 3.51. The minimum absolute atomic E-state index is 0.496. The highest BCUT2D eigenvalue weighted by Gasteiger charge is 2.35. The molecule has 0 saturated carbocycles. The summed E-state index contributed by atoms with van der Waals surface area (Å²) < 4.78 is 0. The first-order valence-electron chi connectivity index (χ1n) is 8.38. The first-order valence-corrected chi connectivity index (χ1v) is 8.76. The van der Waals surface area contributed by atoms with Crippen LogP contribution in [-0.2, 0) is 6.54 Å². The van der Waals surface area contributed by atoms with Gasteiger partial charge in [0, 0.05) is 30.3 Å². The molecule has 0 unspecified atom stereocenters. The van der Waals surface area contributed by atoms with E-state index in [0.29, 0.717) is 5.41 Å². The largest absolute Gasteiger partial charge is 0.371 e. The maximum atomic E-state index is 6.25. The number of rotatable bonds is 7. The molecule has 1 aromatic carbocycles. The summed E-state index contributed by atoms with van der Waals surface area (Å²) >= 11 is 6.25. The number of hydrogen-bond acceptors (Lipinski definition) is 2. The number of benzene rings is 1. The summed E-state index contributed by atoms with van der Waals surface area (Å²) in [6.07, 6.45) is 5.00. The average molecular weight is 309 g/mol. The van der Waals surface area contributed by atoms with Gasteiger partial charge in [0.1, 0.15) is 0 Å². The summed E-state index contributed by atoms with van der Waals surface area (Å²) in [5.74, 6) is 0. The Bertz CT molecular complexity index is 455. The second-order valence-corrected chi connectivity index (χ2v) is 6.76. The van der Waals surface area contributed by atoms with Crippen LogP contribution in [0.25, 0.3) is 0 Å². The summed E-state index contributed by atoms with van der Waals surface area (Å²) in [6.45, 7) is 11.2. The highest BCUT2D eigenvalue weighted by molar-refractivity contribution is 6.30. The topological polar surface area (TPSA) is 15.3 Å². The highest BCUT2D eigenvalue weighted by Crippen LogP contribution is 2.40. The van der Waals surface area contributed by atoms with Crippen molar-refractivity contribution < 1.29 is 0 Å². The molecule has 0 aliphatic carbocycles. The van der Waals surface area contributed by atoms with Gasteiger partial charge in [0.25, 0.3) is 0 Å². The molecule has 0 aromatic heterocycles. The standard InChI is InChI=1S/C18H29ClN2/c1-4-10-20-13-15-7-8-16(19)12-17(15)21-11-9-18(5-2,6-3)14-21/h7-8,12,20H,4-6,9-11,13-14H2,1-3H3. The van der Waals surface area contributed by atoms with Crippen LogP contribution >= 0.6 is 11.6 Å². The van der Waals surface area contributed by atoms with Gasteiger partial charge in [-0.1, -0.05) is 38.4 Å². The van der Waals surface area contributed by atoms with E-state index in [-0.39, 0.29) is 0 Å². The molecular formula is C18H29ClN2. The molecule has 3 heteroatoms.